The van der Waals surface area contributed by atoms with Gasteiger partial charge >= 0.3 is 11.3 Å². The molecule has 142 valence electrons. The Hall–Kier alpha value is -3.46. The molecule has 0 saturated heterocycles. The van der Waals surface area contributed by atoms with Crippen LogP contribution in [0.4, 0.5) is 0 Å². The molecule has 2 aliphatic carbocycles. The molecule has 29 heavy (non-hydrogen) atoms. The third kappa shape index (κ3) is 3.19. The molecule has 3 heteroatoms. The van der Waals surface area contributed by atoms with Crippen molar-refractivity contribution in [2.75, 3.05) is 0 Å². The first kappa shape index (κ1) is 17.6. The molecule has 3 aromatic carbocycles. The lowest BCUT2D eigenvalue weighted by Gasteiger charge is -2.17. The highest BCUT2D eigenvalue weighted by molar-refractivity contribution is 5.74. The second-order valence-electron chi connectivity index (χ2n) is 7.52. The fourth-order valence-corrected chi connectivity index (χ4v) is 4.25. The summed E-state index contributed by atoms with van der Waals surface area (Å²) in [5, 5.41) is 3.82. The van der Waals surface area contributed by atoms with Crippen LogP contribution in [0.5, 0.6) is 0 Å². The van der Waals surface area contributed by atoms with Crippen molar-refractivity contribution in [2.24, 2.45) is 0 Å². The summed E-state index contributed by atoms with van der Waals surface area (Å²) in [4.78, 5) is 21.8. The Morgan fingerprint density at radius 3 is 2.14 bits per heavy atom. The minimum Gasteiger partial charge on any atom is -0.386 e. The molecule has 2 aliphatic rings. The lowest BCUT2D eigenvalue weighted by atomic mass is 9.87. The van der Waals surface area contributed by atoms with Gasteiger partial charge in [-0.3, -0.25) is 0 Å². The number of hydrogen-bond donors (Lipinski definition) is 0. The van der Waals surface area contributed by atoms with Crippen molar-refractivity contribution in [1.29, 1.82) is 0 Å². The third-order valence-corrected chi connectivity index (χ3v) is 5.75. The second kappa shape index (κ2) is 7.17. The van der Waals surface area contributed by atoms with Crippen LogP contribution in [-0.4, -0.2) is 0 Å². The normalized spacial score (nSPS) is 13.8. The van der Waals surface area contributed by atoms with E-state index in [9.17, 15) is 9.59 Å². The van der Waals surface area contributed by atoms with Gasteiger partial charge in [0.05, 0.1) is 10.8 Å². The van der Waals surface area contributed by atoms with E-state index in [-0.39, 0.29) is 0 Å². The Morgan fingerprint density at radius 2 is 1.38 bits per heavy atom. The van der Waals surface area contributed by atoms with Gasteiger partial charge in [-0.05, 0) is 82.6 Å². The molecular formula is C26H20O3. The van der Waals surface area contributed by atoms with E-state index in [2.05, 4.69) is 53.0 Å². The van der Waals surface area contributed by atoms with Gasteiger partial charge < -0.3 is 4.42 Å². The van der Waals surface area contributed by atoms with Gasteiger partial charge in [0, 0.05) is 0 Å². The van der Waals surface area contributed by atoms with Gasteiger partial charge in [0.1, 0.15) is 0 Å². The Kier molecular flexibility index (Phi) is 4.36. The van der Waals surface area contributed by atoms with E-state index < -0.39 is 11.3 Å². The quantitative estimate of drug-likeness (QED) is 0.470. The molecule has 0 fully saturated rings. The molecule has 0 aliphatic heterocycles. The maximum Gasteiger partial charge on any atom is 0.346 e. The molecule has 2 aromatic heterocycles. The van der Waals surface area contributed by atoms with Crippen molar-refractivity contribution in [2.45, 2.75) is 25.7 Å². The number of hydrogen-bond acceptors (Lipinski definition) is 3. The fraction of sp³-hybridized carbons (Fsp3) is 0.154. The van der Waals surface area contributed by atoms with Crippen LogP contribution in [0.2, 0.25) is 0 Å². The maximum absolute atomic E-state index is 10.9. The molecule has 0 amide bonds. The van der Waals surface area contributed by atoms with Crippen LogP contribution in [0.15, 0.2) is 74.7 Å². The van der Waals surface area contributed by atoms with Crippen molar-refractivity contribution in [3.8, 4) is 11.1 Å². The first-order valence-electron chi connectivity index (χ1n) is 9.98. The number of fused-ring (bicyclic) bond motifs is 9. The minimum absolute atomic E-state index is 0.416. The predicted octanol–water partition coefficient (Wildman–Crippen LogP) is 3.40. The highest BCUT2D eigenvalue weighted by Gasteiger charge is 2.13. The standard InChI is InChI=1S/C18H16.C8H4O3/c1-3-7-15-13(5-1)9-11-18-16-8-4-2-6-14(16)10-12-17(15)18;9-7-5-1-2-6(4-3-5)8(10)11-7/h1,3,5,7-8,10-12H,2,4,6,9H2;1-4H. The monoisotopic (exact) mass is 380 g/mol. The summed E-state index contributed by atoms with van der Waals surface area (Å²) < 4.78 is 4.42. The van der Waals surface area contributed by atoms with Crippen molar-refractivity contribution in [3.63, 3.8) is 0 Å². The summed E-state index contributed by atoms with van der Waals surface area (Å²) in [5.74, 6) is 0. The van der Waals surface area contributed by atoms with Crippen LogP contribution in [0.25, 0.3) is 34.1 Å². The van der Waals surface area contributed by atoms with Gasteiger partial charge in [0.25, 0.3) is 0 Å². The molecule has 0 unspecified atom stereocenters. The number of rotatable bonds is 0. The Bertz CT molecular complexity index is 1380. The van der Waals surface area contributed by atoms with Gasteiger partial charge in [0.15, 0.2) is 0 Å². The van der Waals surface area contributed by atoms with E-state index in [4.69, 9.17) is 0 Å². The molecule has 7 rings (SSSR count). The van der Waals surface area contributed by atoms with E-state index in [1.54, 1.807) is 24.3 Å². The van der Waals surface area contributed by atoms with Crippen molar-refractivity contribution < 1.29 is 4.42 Å². The summed E-state index contributed by atoms with van der Waals surface area (Å²) in [5.41, 5.74) is 4.70. The van der Waals surface area contributed by atoms with Gasteiger partial charge in [-0.25, -0.2) is 9.59 Å². The molecule has 0 atom stereocenters. The SMILES string of the molecule is C1=c2c(ccc3c2=CCc2ccccc2-3)CCC1.O=c1oc(=O)c2ccc1cc2. The highest BCUT2D eigenvalue weighted by atomic mass is 16.4. The Labute approximate surface area is 167 Å². The van der Waals surface area contributed by atoms with Crippen LogP contribution in [-0.2, 0) is 12.8 Å². The van der Waals surface area contributed by atoms with Crippen LogP contribution in [0.3, 0.4) is 0 Å². The molecule has 0 spiro atoms. The van der Waals surface area contributed by atoms with Crippen LogP contribution >= 0.6 is 0 Å². The van der Waals surface area contributed by atoms with Crippen LogP contribution in [0, 0.1) is 0 Å². The molecular weight excluding hydrogens is 360 g/mol. The average molecular weight is 380 g/mol. The number of aryl methyl sites for hydroxylation is 1. The van der Waals surface area contributed by atoms with Gasteiger partial charge in [-0.15, -0.1) is 0 Å². The molecule has 0 radical (unpaired) electrons. The lowest BCUT2D eigenvalue weighted by Crippen LogP contribution is -2.33. The molecule has 3 nitrogen and oxygen atoms in total. The second-order valence-corrected chi connectivity index (χ2v) is 7.52. The molecule has 0 N–H and O–H groups in total. The zero-order valence-electron chi connectivity index (χ0n) is 16.0. The molecule has 2 bridgehead atoms. The van der Waals surface area contributed by atoms with Crippen molar-refractivity contribution >= 4 is 22.9 Å². The van der Waals surface area contributed by atoms with E-state index in [0.717, 1.165) is 6.42 Å². The summed E-state index contributed by atoms with van der Waals surface area (Å²) in [6.07, 6.45) is 9.71. The highest BCUT2D eigenvalue weighted by Crippen LogP contribution is 2.24. The largest absolute Gasteiger partial charge is 0.386 e. The first-order valence-corrected chi connectivity index (χ1v) is 9.98. The van der Waals surface area contributed by atoms with Gasteiger partial charge in [-0.1, -0.05) is 48.6 Å². The Balaban J connectivity index is 0.000000142. The van der Waals surface area contributed by atoms with Crippen LogP contribution < -0.4 is 21.7 Å². The minimum atomic E-state index is -0.574. The third-order valence-electron chi connectivity index (χ3n) is 5.75. The van der Waals surface area contributed by atoms with Gasteiger partial charge in [-0.2, -0.15) is 0 Å². The average Bonchev–Trinajstić information content (AvgIpc) is 3.00. The number of benzene rings is 3. The summed E-state index contributed by atoms with van der Waals surface area (Å²) in [6, 6.07) is 19.7. The topological polar surface area (TPSA) is 47.3 Å². The first-order chi connectivity index (χ1) is 14.2. The van der Waals surface area contributed by atoms with Crippen LogP contribution in [0.1, 0.15) is 24.0 Å². The zero-order chi connectivity index (χ0) is 19.8. The molecule has 2 heterocycles. The van der Waals surface area contributed by atoms with Crippen molar-refractivity contribution in [3.05, 3.63) is 103 Å². The van der Waals surface area contributed by atoms with E-state index in [1.165, 1.54) is 52.0 Å². The van der Waals surface area contributed by atoms with Gasteiger partial charge in [0.2, 0.25) is 0 Å². The fourth-order valence-electron chi connectivity index (χ4n) is 4.25. The summed E-state index contributed by atoms with van der Waals surface area (Å²) in [6.45, 7) is 0. The van der Waals surface area contributed by atoms with Crippen molar-refractivity contribution in [1.82, 2.24) is 0 Å². The summed E-state index contributed by atoms with van der Waals surface area (Å²) in [7, 11) is 0. The predicted molar refractivity (Wildman–Crippen MR) is 117 cm³/mol. The Morgan fingerprint density at radius 1 is 0.655 bits per heavy atom. The van der Waals surface area contributed by atoms with E-state index in [1.807, 2.05) is 0 Å². The van der Waals surface area contributed by atoms with E-state index >= 15 is 0 Å². The lowest BCUT2D eigenvalue weighted by molar-refractivity contribution is 0.492. The smallest absolute Gasteiger partial charge is 0.346 e. The van der Waals surface area contributed by atoms with E-state index in [0.29, 0.717) is 10.8 Å². The molecule has 0 saturated carbocycles. The zero-order valence-corrected chi connectivity index (χ0v) is 16.0. The maximum atomic E-state index is 10.9. The summed E-state index contributed by atoms with van der Waals surface area (Å²) >= 11 is 0. The molecule has 5 aromatic rings.